The minimum absolute atomic E-state index is 0.151. The van der Waals surface area contributed by atoms with E-state index in [1.54, 1.807) is 30.0 Å². The van der Waals surface area contributed by atoms with Crippen LogP contribution in [0.25, 0.3) is 11.1 Å². The SMILES string of the molecule is CC1Oc2ccccc2N(CCC(=O)Nc2ccc3oc(C(C)C)nc3c2)C1=O. The van der Waals surface area contributed by atoms with E-state index < -0.39 is 6.10 Å². The van der Waals surface area contributed by atoms with Crippen molar-refractivity contribution in [3.8, 4) is 5.75 Å². The van der Waals surface area contributed by atoms with Crippen LogP contribution in [0.1, 0.15) is 39.0 Å². The van der Waals surface area contributed by atoms with Crippen molar-refractivity contribution >= 4 is 34.3 Å². The fraction of sp³-hybridized carbons (Fsp3) is 0.318. The second-order valence-corrected chi connectivity index (χ2v) is 7.41. The molecule has 1 aromatic heterocycles. The first-order valence-corrected chi connectivity index (χ1v) is 9.70. The van der Waals surface area contributed by atoms with E-state index in [-0.39, 0.29) is 30.7 Å². The molecular weight excluding hydrogens is 370 g/mol. The number of hydrogen-bond acceptors (Lipinski definition) is 5. The second kappa shape index (κ2) is 7.58. The molecule has 29 heavy (non-hydrogen) atoms. The summed E-state index contributed by atoms with van der Waals surface area (Å²) < 4.78 is 11.3. The van der Waals surface area contributed by atoms with Crippen LogP contribution in [0.5, 0.6) is 5.75 Å². The highest BCUT2D eigenvalue weighted by atomic mass is 16.5. The minimum Gasteiger partial charge on any atom is -0.479 e. The Morgan fingerprint density at radius 3 is 2.83 bits per heavy atom. The second-order valence-electron chi connectivity index (χ2n) is 7.41. The quantitative estimate of drug-likeness (QED) is 0.706. The fourth-order valence-electron chi connectivity index (χ4n) is 3.30. The normalized spacial score (nSPS) is 16.1. The van der Waals surface area contributed by atoms with E-state index >= 15 is 0 Å². The Balaban J connectivity index is 1.44. The Bertz CT molecular complexity index is 1070. The molecule has 1 aliphatic rings. The maximum absolute atomic E-state index is 12.5. The standard InChI is InChI=1S/C22H23N3O4/c1-13(2)21-24-16-12-15(8-9-18(16)29-21)23-20(26)10-11-25-17-6-4-5-7-19(17)28-14(3)22(25)27/h4-9,12-14H,10-11H2,1-3H3,(H,23,26). The average Bonchev–Trinajstić information content (AvgIpc) is 3.12. The molecule has 2 amide bonds. The van der Waals surface area contributed by atoms with Crippen LogP contribution in [0.15, 0.2) is 46.9 Å². The first kappa shape index (κ1) is 19.0. The first-order valence-electron chi connectivity index (χ1n) is 9.70. The number of nitrogens with one attached hydrogen (secondary N) is 1. The van der Waals surface area contributed by atoms with E-state index in [1.807, 2.05) is 38.1 Å². The Hall–Kier alpha value is -3.35. The Labute approximate surface area is 168 Å². The number of carbonyl (C=O) groups is 2. The number of ether oxygens (including phenoxy) is 1. The molecule has 0 bridgehead atoms. The zero-order valence-electron chi connectivity index (χ0n) is 16.6. The predicted molar refractivity (Wildman–Crippen MR) is 110 cm³/mol. The van der Waals surface area contributed by atoms with Crippen LogP contribution in [0.4, 0.5) is 11.4 Å². The average molecular weight is 393 g/mol. The summed E-state index contributed by atoms with van der Waals surface area (Å²) in [5.74, 6) is 1.18. The van der Waals surface area contributed by atoms with Crippen molar-refractivity contribution in [2.45, 2.75) is 39.2 Å². The van der Waals surface area contributed by atoms with Crippen molar-refractivity contribution in [2.75, 3.05) is 16.8 Å². The van der Waals surface area contributed by atoms with E-state index in [4.69, 9.17) is 9.15 Å². The highest BCUT2D eigenvalue weighted by Gasteiger charge is 2.31. The summed E-state index contributed by atoms with van der Waals surface area (Å²) in [5.41, 5.74) is 2.73. The summed E-state index contributed by atoms with van der Waals surface area (Å²) in [4.78, 5) is 31.1. The van der Waals surface area contributed by atoms with Gasteiger partial charge in [0, 0.05) is 24.6 Å². The van der Waals surface area contributed by atoms with Crippen LogP contribution in [-0.2, 0) is 9.59 Å². The summed E-state index contributed by atoms with van der Waals surface area (Å²) in [5, 5.41) is 2.87. The summed E-state index contributed by atoms with van der Waals surface area (Å²) in [7, 11) is 0. The highest BCUT2D eigenvalue weighted by Crippen LogP contribution is 2.33. The molecule has 0 saturated carbocycles. The van der Waals surface area contributed by atoms with Gasteiger partial charge in [0.15, 0.2) is 17.6 Å². The molecule has 4 rings (SSSR count). The van der Waals surface area contributed by atoms with Gasteiger partial charge in [-0.2, -0.15) is 0 Å². The Morgan fingerprint density at radius 2 is 2.03 bits per heavy atom. The summed E-state index contributed by atoms with van der Waals surface area (Å²) in [6.45, 7) is 6.02. The molecule has 0 spiro atoms. The lowest BCUT2D eigenvalue weighted by atomic mass is 10.1. The van der Waals surface area contributed by atoms with Gasteiger partial charge in [-0.05, 0) is 37.3 Å². The van der Waals surface area contributed by atoms with Crippen molar-refractivity contribution < 1.29 is 18.7 Å². The molecule has 0 radical (unpaired) electrons. The largest absolute Gasteiger partial charge is 0.479 e. The summed E-state index contributed by atoms with van der Waals surface area (Å²) in [6.07, 6.45) is -0.404. The third kappa shape index (κ3) is 3.81. The maximum atomic E-state index is 12.5. The van der Waals surface area contributed by atoms with E-state index in [0.29, 0.717) is 34.1 Å². The van der Waals surface area contributed by atoms with Crippen LogP contribution < -0.4 is 15.0 Å². The lowest BCUT2D eigenvalue weighted by molar-refractivity contribution is -0.125. The number of aromatic nitrogens is 1. The number of benzene rings is 2. The predicted octanol–water partition coefficient (Wildman–Crippen LogP) is 4.09. The first-order chi connectivity index (χ1) is 13.9. The van der Waals surface area contributed by atoms with Crippen molar-refractivity contribution in [3.05, 3.63) is 48.4 Å². The molecule has 150 valence electrons. The topological polar surface area (TPSA) is 84.7 Å². The molecule has 1 N–H and O–H groups in total. The van der Waals surface area contributed by atoms with Crippen LogP contribution in [0.3, 0.4) is 0 Å². The lowest BCUT2D eigenvalue weighted by Gasteiger charge is -2.32. The molecule has 7 heteroatoms. The molecular formula is C22H23N3O4. The molecule has 0 saturated heterocycles. The number of carbonyl (C=O) groups excluding carboxylic acids is 2. The summed E-state index contributed by atoms with van der Waals surface area (Å²) >= 11 is 0. The third-order valence-corrected chi connectivity index (χ3v) is 4.82. The number of nitrogens with zero attached hydrogens (tertiary/aromatic N) is 2. The lowest BCUT2D eigenvalue weighted by Crippen LogP contribution is -2.45. The van der Waals surface area contributed by atoms with Gasteiger partial charge in [0.2, 0.25) is 5.91 Å². The van der Waals surface area contributed by atoms with E-state index in [9.17, 15) is 9.59 Å². The number of fused-ring (bicyclic) bond motifs is 2. The molecule has 7 nitrogen and oxygen atoms in total. The van der Waals surface area contributed by atoms with Crippen molar-refractivity contribution in [1.29, 1.82) is 0 Å². The van der Waals surface area contributed by atoms with Gasteiger partial charge in [-0.25, -0.2) is 4.98 Å². The minimum atomic E-state index is -0.572. The van der Waals surface area contributed by atoms with Gasteiger partial charge in [-0.3, -0.25) is 9.59 Å². The van der Waals surface area contributed by atoms with E-state index in [0.717, 1.165) is 0 Å². The van der Waals surface area contributed by atoms with E-state index in [1.165, 1.54) is 0 Å². The fourth-order valence-corrected chi connectivity index (χ4v) is 3.30. The molecule has 1 aliphatic heterocycles. The molecule has 3 aromatic rings. The number of rotatable bonds is 5. The van der Waals surface area contributed by atoms with E-state index in [2.05, 4.69) is 10.3 Å². The number of hydrogen-bond donors (Lipinski definition) is 1. The van der Waals surface area contributed by atoms with Crippen molar-refractivity contribution in [1.82, 2.24) is 4.98 Å². The van der Waals surface area contributed by atoms with Crippen molar-refractivity contribution in [3.63, 3.8) is 0 Å². The van der Waals surface area contributed by atoms with Gasteiger partial charge in [0.25, 0.3) is 5.91 Å². The molecule has 2 heterocycles. The number of oxazole rings is 1. The number of anilines is 2. The van der Waals surface area contributed by atoms with Crippen molar-refractivity contribution in [2.24, 2.45) is 0 Å². The number of amides is 2. The van der Waals surface area contributed by atoms with Crippen LogP contribution in [0, 0.1) is 0 Å². The Kier molecular flexibility index (Phi) is 4.96. The Morgan fingerprint density at radius 1 is 1.24 bits per heavy atom. The van der Waals surface area contributed by atoms with Gasteiger partial charge in [-0.15, -0.1) is 0 Å². The molecule has 2 aromatic carbocycles. The summed E-state index contributed by atoms with van der Waals surface area (Å²) in [6, 6.07) is 12.7. The van der Waals surface area contributed by atoms with Crippen LogP contribution in [-0.4, -0.2) is 29.4 Å². The van der Waals surface area contributed by atoms with Crippen LogP contribution >= 0.6 is 0 Å². The number of para-hydroxylation sites is 2. The van der Waals surface area contributed by atoms with Gasteiger partial charge in [-0.1, -0.05) is 26.0 Å². The van der Waals surface area contributed by atoms with Gasteiger partial charge < -0.3 is 19.4 Å². The molecule has 0 fully saturated rings. The van der Waals surface area contributed by atoms with Crippen LogP contribution in [0.2, 0.25) is 0 Å². The smallest absolute Gasteiger partial charge is 0.267 e. The van der Waals surface area contributed by atoms with Gasteiger partial charge in [0.1, 0.15) is 11.3 Å². The van der Waals surface area contributed by atoms with Gasteiger partial charge in [0.05, 0.1) is 5.69 Å². The zero-order valence-corrected chi connectivity index (χ0v) is 16.6. The zero-order chi connectivity index (χ0) is 20.5. The third-order valence-electron chi connectivity index (χ3n) is 4.82. The van der Waals surface area contributed by atoms with Gasteiger partial charge >= 0.3 is 0 Å². The monoisotopic (exact) mass is 393 g/mol. The molecule has 1 unspecified atom stereocenters. The highest BCUT2D eigenvalue weighted by molar-refractivity contribution is 6.01. The molecule has 0 aliphatic carbocycles. The molecule has 1 atom stereocenters. The maximum Gasteiger partial charge on any atom is 0.267 e.